The van der Waals surface area contributed by atoms with Crippen LogP contribution in [0.4, 0.5) is 0 Å². The average Bonchev–Trinajstić information content (AvgIpc) is 3.04. The normalized spacial score (nSPS) is 43.5. The molecular formula is C37H57NO14. The van der Waals surface area contributed by atoms with Gasteiger partial charge in [-0.05, 0) is 33.1 Å². The lowest BCUT2D eigenvalue weighted by molar-refractivity contribution is -0.308. The quantitative estimate of drug-likeness (QED) is 0.187. The molecular weight excluding hydrogens is 682 g/mol. The van der Waals surface area contributed by atoms with Gasteiger partial charge in [0.1, 0.15) is 23.9 Å². The number of fused-ring (bicyclic) bond motifs is 2. The van der Waals surface area contributed by atoms with Crippen molar-refractivity contribution in [1.82, 2.24) is 0 Å². The van der Waals surface area contributed by atoms with Crippen molar-refractivity contribution < 1.29 is 69.1 Å². The van der Waals surface area contributed by atoms with Gasteiger partial charge in [0, 0.05) is 38.5 Å². The molecule has 2 fully saturated rings. The van der Waals surface area contributed by atoms with Crippen molar-refractivity contribution in [2.45, 2.75) is 152 Å². The number of allylic oxidation sites excluding steroid dienone is 6. The van der Waals surface area contributed by atoms with Gasteiger partial charge in [0.15, 0.2) is 12.1 Å². The molecule has 2 saturated heterocycles. The fourth-order valence-electron chi connectivity index (χ4n) is 6.72. The number of hydrogen-bond acceptors (Lipinski definition) is 14. The molecule has 0 aromatic heterocycles. The van der Waals surface area contributed by atoms with Crippen LogP contribution in [0.15, 0.2) is 48.6 Å². The first-order chi connectivity index (χ1) is 24.5. The second-order valence-corrected chi connectivity index (χ2v) is 14.1. The lowest BCUT2D eigenvalue weighted by Crippen LogP contribution is -2.61. The zero-order valence-corrected chi connectivity index (χ0v) is 30.1. The number of Topliss-reactive ketones (excluding diaryl/α,β-unsaturated/α-hetero) is 1. The predicted molar refractivity (Wildman–Crippen MR) is 186 cm³/mol. The Balaban J connectivity index is 1.88. The van der Waals surface area contributed by atoms with Crippen molar-refractivity contribution in [1.29, 1.82) is 0 Å². The van der Waals surface area contributed by atoms with E-state index in [-0.39, 0.29) is 44.3 Å². The van der Waals surface area contributed by atoms with Crippen LogP contribution >= 0.6 is 0 Å². The second-order valence-electron chi connectivity index (χ2n) is 14.1. The lowest BCUT2D eigenvalue weighted by atomic mass is 9.83. The molecule has 3 aliphatic rings. The van der Waals surface area contributed by atoms with E-state index in [9.17, 15) is 50.1 Å². The number of aliphatic hydroxyl groups is 6. The number of carbonyl (C=O) groups is 3. The molecule has 294 valence electrons. The molecule has 9 N–H and O–H groups in total. The Hall–Kier alpha value is -2.83. The summed E-state index contributed by atoms with van der Waals surface area (Å²) in [6.07, 6.45) is 1.33. The van der Waals surface area contributed by atoms with Gasteiger partial charge in [-0.3, -0.25) is 14.4 Å². The molecule has 52 heavy (non-hydrogen) atoms. The van der Waals surface area contributed by atoms with Crippen LogP contribution in [-0.2, 0) is 33.3 Å². The van der Waals surface area contributed by atoms with Gasteiger partial charge in [0.2, 0.25) is 0 Å². The van der Waals surface area contributed by atoms with E-state index in [1.54, 1.807) is 69.4 Å². The Labute approximate surface area is 304 Å². The molecule has 15 nitrogen and oxygen atoms in total. The average molecular weight is 740 g/mol. The molecule has 0 saturated carbocycles. The van der Waals surface area contributed by atoms with Crippen molar-refractivity contribution in [2.24, 2.45) is 17.6 Å². The van der Waals surface area contributed by atoms with Gasteiger partial charge in [-0.25, -0.2) is 0 Å². The van der Waals surface area contributed by atoms with Crippen LogP contribution in [0, 0.1) is 11.8 Å². The number of cyclic esters (lactones) is 1. The van der Waals surface area contributed by atoms with Crippen LogP contribution in [-0.4, -0.2) is 127 Å². The number of rotatable bonds is 4. The van der Waals surface area contributed by atoms with Gasteiger partial charge in [0.25, 0.3) is 0 Å². The van der Waals surface area contributed by atoms with Crippen LogP contribution in [0.1, 0.15) is 78.6 Å². The number of carboxylic acid groups (broad SMARTS) is 1. The number of hydrogen-bond donors (Lipinski definition) is 8. The number of aliphatic hydroxyl groups excluding tert-OH is 5. The zero-order valence-electron chi connectivity index (χ0n) is 30.1. The summed E-state index contributed by atoms with van der Waals surface area (Å²) < 4.78 is 23.1. The third-order valence-corrected chi connectivity index (χ3v) is 9.66. The number of carboxylic acids is 1. The van der Waals surface area contributed by atoms with Crippen LogP contribution < -0.4 is 5.73 Å². The smallest absolute Gasteiger partial charge is 0.311 e. The minimum Gasteiger partial charge on any atom is -0.481 e. The van der Waals surface area contributed by atoms with Crippen molar-refractivity contribution >= 4 is 17.7 Å². The number of ketones is 1. The summed E-state index contributed by atoms with van der Waals surface area (Å²) in [5.41, 5.74) is 5.98. The Morgan fingerprint density at radius 1 is 0.981 bits per heavy atom. The summed E-state index contributed by atoms with van der Waals surface area (Å²) in [6, 6.07) is -1.10. The molecule has 0 radical (unpaired) electrons. The highest BCUT2D eigenvalue weighted by atomic mass is 16.7. The van der Waals surface area contributed by atoms with Gasteiger partial charge in [-0.2, -0.15) is 0 Å². The summed E-state index contributed by atoms with van der Waals surface area (Å²) in [5, 5.41) is 74.8. The summed E-state index contributed by atoms with van der Waals surface area (Å²) in [7, 11) is 0. The molecule has 2 bridgehead atoms. The molecule has 0 aliphatic carbocycles. The van der Waals surface area contributed by atoms with Crippen LogP contribution in [0.3, 0.4) is 0 Å². The van der Waals surface area contributed by atoms with Crippen LogP contribution in [0.2, 0.25) is 0 Å². The number of ether oxygens (including phenoxy) is 4. The van der Waals surface area contributed by atoms with E-state index >= 15 is 0 Å². The number of aliphatic carboxylic acids is 1. The zero-order chi connectivity index (χ0) is 38.6. The van der Waals surface area contributed by atoms with Crippen molar-refractivity contribution in [3.05, 3.63) is 48.6 Å². The monoisotopic (exact) mass is 739 g/mol. The van der Waals surface area contributed by atoms with Gasteiger partial charge in [-0.15, -0.1) is 0 Å². The molecule has 0 spiro atoms. The van der Waals surface area contributed by atoms with Crippen LogP contribution in [0.5, 0.6) is 0 Å². The summed E-state index contributed by atoms with van der Waals surface area (Å²) in [6.45, 7) is 5.00. The molecule has 3 heterocycles. The fourth-order valence-corrected chi connectivity index (χ4v) is 6.72. The fraction of sp³-hybridized carbons (Fsp3) is 0.703. The molecule has 3 rings (SSSR count). The van der Waals surface area contributed by atoms with E-state index in [0.717, 1.165) is 0 Å². The summed E-state index contributed by atoms with van der Waals surface area (Å²) in [5.74, 6) is -6.84. The Morgan fingerprint density at radius 3 is 2.33 bits per heavy atom. The highest BCUT2D eigenvalue weighted by Crippen LogP contribution is 2.38. The lowest BCUT2D eigenvalue weighted by Gasteiger charge is -2.45. The van der Waals surface area contributed by atoms with Crippen molar-refractivity contribution in [3.8, 4) is 0 Å². The maximum atomic E-state index is 12.8. The van der Waals surface area contributed by atoms with E-state index in [0.29, 0.717) is 6.42 Å². The minimum atomic E-state index is -2.15. The predicted octanol–water partition coefficient (Wildman–Crippen LogP) is 0.923. The maximum absolute atomic E-state index is 12.8. The summed E-state index contributed by atoms with van der Waals surface area (Å²) >= 11 is 0. The Bertz CT molecular complexity index is 1290. The van der Waals surface area contributed by atoms with E-state index < -0.39 is 110 Å². The first-order valence-electron chi connectivity index (χ1n) is 18.0. The standard InChI is InChI=1S/C37H57NO14/c1-4-26-27(41)17-23(39)14-12-15-24(40)19-37(48)20-28(42)30(34(45)46)29(52-37)18-25(51-36-33(44)31(38)32(43)22(3)50-36)16-11-9-7-5-6-8-10-13-21(2)49-35(26)47/h5-11,16,21-22,24-33,36,40-44,48H,4,12-15,17-20,38H2,1-3H3,(H,45,46)/b6-5+,9-7+,10-8+,16-11+/t21-,22-,24+,25+,26?,27-,28+,29+,30-,31+,32-,33+,36+,37-/m1/s1. The first kappa shape index (κ1) is 43.6. The third kappa shape index (κ3) is 12.9. The maximum Gasteiger partial charge on any atom is 0.311 e. The minimum absolute atomic E-state index is 0.0197. The van der Waals surface area contributed by atoms with E-state index in [1.807, 2.05) is 0 Å². The topological polar surface area (TPSA) is 256 Å². The largest absolute Gasteiger partial charge is 0.481 e. The highest BCUT2D eigenvalue weighted by Gasteiger charge is 2.50. The molecule has 1 unspecified atom stereocenters. The number of nitrogens with two attached hydrogens (primary N) is 1. The Kier molecular flexibility index (Phi) is 17.2. The number of esters is 1. The molecule has 0 amide bonds. The van der Waals surface area contributed by atoms with E-state index in [1.165, 1.54) is 0 Å². The van der Waals surface area contributed by atoms with Gasteiger partial charge >= 0.3 is 11.9 Å². The first-order valence-corrected chi connectivity index (χ1v) is 18.0. The molecule has 15 heteroatoms. The van der Waals surface area contributed by atoms with E-state index in [4.69, 9.17) is 24.7 Å². The van der Waals surface area contributed by atoms with E-state index in [2.05, 4.69) is 0 Å². The van der Waals surface area contributed by atoms with Gasteiger partial charge in [0.05, 0.1) is 54.7 Å². The van der Waals surface area contributed by atoms with Gasteiger partial charge in [-0.1, -0.05) is 55.5 Å². The molecule has 0 aromatic carbocycles. The van der Waals surface area contributed by atoms with Gasteiger partial charge < -0.3 is 60.4 Å². The van der Waals surface area contributed by atoms with Crippen molar-refractivity contribution in [3.63, 3.8) is 0 Å². The number of carbonyl (C=O) groups excluding carboxylic acids is 2. The summed E-state index contributed by atoms with van der Waals surface area (Å²) in [4.78, 5) is 37.8. The molecule has 14 atom stereocenters. The Morgan fingerprint density at radius 2 is 1.65 bits per heavy atom. The van der Waals surface area contributed by atoms with Crippen molar-refractivity contribution in [2.75, 3.05) is 0 Å². The highest BCUT2D eigenvalue weighted by molar-refractivity contribution is 5.80. The molecule has 3 aliphatic heterocycles. The molecule has 0 aromatic rings. The third-order valence-electron chi connectivity index (χ3n) is 9.66. The van der Waals surface area contributed by atoms with Crippen LogP contribution in [0.25, 0.3) is 0 Å². The second kappa shape index (κ2) is 20.6. The SMILES string of the molecule is CCC1C(=O)O[C@H](C)C/C=C/C=C/C=C/C=C/[C@H](O[C@@H]2O[C@H](C)[C@@H](O)[C@H](N)[C@@H]2O)C[C@@H]2O[C@](O)(C[C@@H](O)CCCC(=O)C[C@H]1O)C[C@H](O)[C@H]2C(=O)O.